The summed E-state index contributed by atoms with van der Waals surface area (Å²) in [4.78, 5) is 14.9. The summed E-state index contributed by atoms with van der Waals surface area (Å²) in [5.74, 6) is -0.00127. The van der Waals surface area contributed by atoms with Crippen molar-refractivity contribution in [3.63, 3.8) is 0 Å². The van der Waals surface area contributed by atoms with Gasteiger partial charge < -0.3 is 14.8 Å². The third-order valence-electron chi connectivity index (χ3n) is 6.62. The van der Waals surface area contributed by atoms with Gasteiger partial charge in [-0.25, -0.2) is 23.5 Å². The van der Waals surface area contributed by atoms with Crippen molar-refractivity contribution in [2.45, 2.75) is 25.9 Å². The van der Waals surface area contributed by atoms with E-state index in [0.29, 0.717) is 26.3 Å². The first-order valence-corrected chi connectivity index (χ1v) is 12.8. The number of halogens is 4. The van der Waals surface area contributed by atoms with Crippen LogP contribution in [0, 0.1) is 54.6 Å². The molecule has 1 aliphatic carbocycles. The third kappa shape index (κ3) is 7.82. The molecule has 198 valence electrons. The van der Waals surface area contributed by atoms with Crippen molar-refractivity contribution < 1.29 is 58.6 Å². The van der Waals surface area contributed by atoms with Crippen molar-refractivity contribution in [1.82, 2.24) is 4.90 Å². The number of carbonyl (C=O) groups excluding carboxylic acids is 1. The van der Waals surface area contributed by atoms with Crippen LogP contribution >= 0.6 is 11.3 Å². The quantitative estimate of drug-likeness (QED) is 0.163. The number of phenolic OH excluding ortho intramolecular Hbond substituents is 1. The maximum absolute atomic E-state index is 12.5. The van der Waals surface area contributed by atoms with Crippen molar-refractivity contribution >= 4 is 27.2 Å². The van der Waals surface area contributed by atoms with Crippen LogP contribution in [0.3, 0.4) is 0 Å². The topological polar surface area (TPSA) is 40.5 Å². The van der Waals surface area contributed by atoms with Crippen LogP contribution in [0.1, 0.15) is 40.6 Å². The summed E-state index contributed by atoms with van der Waals surface area (Å²) < 4.78 is 50.4. The fourth-order valence-electron chi connectivity index (χ4n) is 4.23. The van der Waals surface area contributed by atoms with E-state index in [4.69, 9.17) is 0 Å². The fraction of sp³-hybridized carbons (Fsp3) is 0.345. The number of allylic oxidation sites excluding steroid dienone is 4. The fourth-order valence-corrected chi connectivity index (χ4v) is 5.23. The number of hydrogen-bond donors (Lipinski definition) is 1. The minimum atomic E-state index is -4.43. The number of hydrogen-bond acceptors (Lipinski definition) is 4. The summed E-state index contributed by atoms with van der Waals surface area (Å²) in [6.07, 6.45) is 7.31. The maximum atomic E-state index is 12.5. The van der Waals surface area contributed by atoms with Crippen molar-refractivity contribution in [1.29, 1.82) is 0 Å². The van der Waals surface area contributed by atoms with Crippen LogP contribution in [0.4, 0.5) is 17.6 Å². The number of carbonyl (C=O) groups is 1. The van der Waals surface area contributed by atoms with Crippen molar-refractivity contribution in [2.75, 3.05) is 26.3 Å². The van der Waals surface area contributed by atoms with Crippen LogP contribution in [0.2, 0.25) is 0 Å². The molecular formula is C29H27F4NO2SU. The Morgan fingerprint density at radius 2 is 1.89 bits per heavy atom. The molecule has 0 saturated carbocycles. The van der Waals surface area contributed by atoms with E-state index in [2.05, 4.69) is 36.1 Å². The molecule has 1 fully saturated rings. The predicted octanol–water partition coefficient (Wildman–Crippen LogP) is 7.26. The maximum Gasteiger partial charge on any atom is 2.00 e. The van der Waals surface area contributed by atoms with Gasteiger partial charge in [0.05, 0.1) is 18.0 Å². The molecule has 2 aliphatic rings. The first-order valence-electron chi connectivity index (χ1n) is 12.0. The van der Waals surface area contributed by atoms with Gasteiger partial charge in [-0.1, -0.05) is 49.1 Å². The number of thiophene rings is 1. The average Bonchev–Trinajstić information content (AvgIpc) is 3.26. The van der Waals surface area contributed by atoms with E-state index < -0.39 is 17.5 Å². The second kappa shape index (κ2) is 13.0. The Hall–Kier alpha value is -1.92. The van der Waals surface area contributed by atoms with E-state index >= 15 is 0 Å². The van der Waals surface area contributed by atoms with Gasteiger partial charge in [0.2, 0.25) is 0 Å². The number of benzene rings is 2. The van der Waals surface area contributed by atoms with Crippen molar-refractivity contribution in [3.05, 3.63) is 88.8 Å². The minimum absolute atomic E-state index is 0. The van der Waals surface area contributed by atoms with E-state index in [-0.39, 0.29) is 49.1 Å². The molecule has 0 radical (unpaired) electrons. The Morgan fingerprint density at radius 1 is 1.18 bits per heavy atom. The molecule has 9 heteroatoms. The SMILES string of the molecule is CC1(CCN2CC(CF)C2)C=C[C-]=CC1.O=C(c1ccc(C(F)(F)F)cc1)c1[c-]c2ccc(O)cc2s1.[U+2]. The van der Waals surface area contributed by atoms with E-state index in [9.17, 15) is 27.5 Å². The number of alkyl halides is 4. The van der Waals surface area contributed by atoms with E-state index in [1.165, 1.54) is 18.6 Å². The number of ketones is 1. The number of nitrogens with zero attached hydrogens (tertiary/aromatic N) is 1. The Balaban J connectivity index is 0.000000220. The van der Waals surface area contributed by atoms with Gasteiger partial charge in [0, 0.05) is 19.0 Å². The van der Waals surface area contributed by atoms with Gasteiger partial charge >= 0.3 is 37.3 Å². The standard InChI is InChI=1S/C16H8F3O2S.C13H19FN.U/c17-16(18,19)11-4-1-9(2-5-11)15(21)14-7-10-3-6-12(20)8-13(10)22-14;1-13(5-3-2-4-6-13)7-8-15-10-12(9-14)11-15;/h1-6,8,20H;3-5,12H,6-11H2,1H3;/q2*-1;+2. The number of phenols is 1. The molecule has 1 N–H and O–H groups in total. The van der Waals surface area contributed by atoms with Crippen LogP contribution in [0.25, 0.3) is 10.1 Å². The number of fused-ring (bicyclic) bond motifs is 1. The van der Waals surface area contributed by atoms with Crippen LogP contribution in [-0.2, 0) is 6.18 Å². The van der Waals surface area contributed by atoms with E-state index in [1.807, 2.05) is 6.08 Å². The van der Waals surface area contributed by atoms with Gasteiger partial charge in [0.1, 0.15) is 5.78 Å². The Labute approximate surface area is 247 Å². The molecule has 1 atom stereocenters. The first kappa shape index (κ1) is 30.6. The number of likely N-dealkylation sites (tertiary alicyclic amines) is 1. The van der Waals surface area contributed by atoms with Crippen LogP contribution in [0.15, 0.2) is 60.7 Å². The van der Waals surface area contributed by atoms with E-state index in [1.54, 1.807) is 6.07 Å². The molecule has 38 heavy (non-hydrogen) atoms. The zero-order valence-electron chi connectivity index (χ0n) is 20.8. The molecule has 3 nitrogen and oxygen atoms in total. The van der Waals surface area contributed by atoms with Gasteiger partial charge in [0.25, 0.3) is 0 Å². The van der Waals surface area contributed by atoms with Gasteiger partial charge in [-0.05, 0) is 34.2 Å². The summed E-state index contributed by atoms with van der Waals surface area (Å²) in [5.41, 5.74) is -0.333. The molecule has 1 aliphatic heterocycles. The number of rotatable bonds is 6. The average molecular weight is 768 g/mol. The predicted molar refractivity (Wildman–Crippen MR) is 137 cm³/mol. The normalized spacial score (nSPS) is 19.4. The van der Waals surface area contributed by atoms with Gasteiger partial charge in [-0.15, -0.1) is 17.5 Å². The molecule has 1 unspecified atom stereocenters. The van der Waals surface area contributed by atoms with E-state index in [0.717, 1.165) is 61.7 Å². The molecule has 2 aromatic carbocycles. The van der Waals surface area contributed by atoms with Crippen molar-refractivity contribution in [3.8, 4) is 5.75 Å². The van der Waals surface area contributed by atoms with Gasteiger partial charge in [-0.2, -0.15) is 19.2 Å². The van der Waals surface area contributed by atoms with Crippen LogP contribution in [-0.4, -0.2) is 42.1 Å². The second-order valence-electron chi connectivity index (χ2n) is 9.73. The molecule has 3 aromatic rings. The zero-order valence-corrected chi connectivity index (χ0v) is 25.8. The largest absolute Gasteiger partial charge is 2.00 e. The smallest absolute Gasteiger partial charge is 0.510 e. The Kier molecular flexibility index (Phi) is 10.4. The van der Waals surface area contributed by atoms with Gasteiger partial charge in [-0.3, -0.25) is 10.5 Å². The summed E-state index contributed by atoms with van der Waals surface area (Å²) in [6.45, 7) is 5.15. The van der Waals surface area contributed by atoms with Crippen molar-refractivity contribution in [2.24, 2.45) is 11.3 Å². The Morgan fingerprint density at radius 3 is 2.50 bits per heavy atom. The Bertz CT molecular complexity index is 1300. The molecule has 0 bridgehead atoms. The molecule has 0 spiro atoms. The third-order valence-corrected chi connectivity index (χ3v) is 7.67. The molecule has 0 amide bonds. The molecular weight excluding hydrogens is 740 g/mol. The molecule has 5 rings (SSSR count). The minimum Gasteiger partial charge on any atom is -0.510 e. The molecule has 1 aromatic heterocycles. The van der Waals surface area contributed by atoms with Gasteiger partial charge in [0.15, 0.2) is 0 Å². The summed E-state index contributed by atoms with van der Waals surface area (Å²) in [6, 6.07) is 11.6. The summed E-state index contributed by atoms with van der Waals surface area (Å²) in [5, 5.41) is 10.1. The summed E-state index contributed by atoms with van der Waals surface area (Å²) in [7, 11) is 0. The summed E-state index contributed by atoms with van der Waals surface area (Å²) >= 11 is 1.14. The first-order chi connectivity index (χ1) is 17.6. The molecule has 1 saturated heterocycles. The number of aromatic hydroxyl groups is 1. The zero-order chi connectivity index (χ0) is 26.6. The molecule has 2 heterocycles. The van der Waals surface area contributed by atoms with Crippen LogP contribution < -0.4 is 0 Å². The van der Waals surface area contributed by atoms with Crippen LogP contribution in [0.5, 0.6) is 5.75 Å². The monoisotopic (exact) mass is 767 g/mol. The second-order valence-corrected chi connectivity index (χ2v) is 10.8.